The molecule has 0 atom stereocenters. The van der Waals surface area contributed by atoms with E-state index in [1.807, 2.05) is 0 Å². The molecule has 0 aliphatic carbocycles. The Kier molecular flexibility index (Phi) is 10.7. The van der Waals surface area contributed by atoms with Gasteiger partial charge in [0.2, 0.25) is 0 Å². The second-order valence-corrected chi connectivity index (χ2v) is 3.11. The zero-order valence-electron chi connectivity index (χ0n) is 8.97. The van der Waals surface area contributed by atoms with Crippen LogP contribution in [-0.2, 0) is 0 Å². The van der Waals surface area contributed by atoms with Crippen LogP contribution in [-0.4, -0.2) is 37.6 Å². The van der Waals surface area contributed by atoms with E-state index in [-0.39, 0.29) is 4.70 Å². The summed E-state index contributed by atoms with van der Waals surface area (Å²) in [5.74, 6) is 0. The van der Waals surface area contributed by atoms with Crippen molar-refractivity contribution in [2.24, 2.45) is 0 Å². The molecule has 0 spiro atoms. The highest BCUT2D eigenvalue weighted by atomic mass is 19.4. The Morgan fingerprint density at radius 2 is 1.80 bits per heavy atom. The molecule has 7 heteroatoms. The van der Waals surface area contributed by atoms with Crippen molar-refractivity contribution in [1.82, 2.24) is 9.80 Å². The fraction of sp³-hybridized carbons (Fsp3) is 0.750. The lowest BCUT2D eigenvalue weighted by Gasteiger charge is -2.17. The molecule has 1 aliphatic heterocycles. The first kappa shape index (κ1) is 16.6. The minimum atomic E-state index is -3.67. The lowest BCUT2D eigenvalue weighted by molar-refractivity contribution is -0.00000587. The maximum atomic E-state index is 9.67. The van der Waals surface area contributed by atoms with Crippen molar-refractivity contribution in [3.8, 4) is 0 Å². The van der Waals surface area contributed by atoms with E-state index in [2.05, 4.69) is 36.2 Å². The van der Waals surface area contributed by atoms with Crippen LogP contribution in [0.3, 0.4) is 0 Å². The van der Waals surface area contributed by atoms with Gasteiger partial charge in [0.15, 0.2) is 0 Å². The zero-order chi connectivity index (χ0) is 11.0. The average Bonchev–Trinajstić information content (AvgIpc) is 2.47. The Hall–Kier alpha value is -0.875. The van der Waals surface area contributed by atoms with Crippen LogP contribution >= 0.6 is 0 Å². The summed E-state index contributed by atoms with van der Waals surface area (Å²) in [7, 11) is -1.57. The molecule has 0 aromatic rings. The summed E-state index contributed by atoms with van der Waals surface area (Å²) in [6.07, 6.45) is 6.87. The third-order valence-corrected chi connectivity index (χ3v) is 1.74. The Balaban J connectivity index is 0. The summed E-state index contributed by atoms with van der Waals surface area (Å²) < 4.78 is 29.0. The maximum absolute atomic E-state index is 9.67. The van der Waals surface area contributed by atoms with Gasteiger partial charge in [-0.25, -0.2) is 0 Å². The molecule has 0 unspecified atom stereocenters. The molecule has 15 heavy (non-hydrogen) atoms. The highest BCUT2D eigenvalue weighted by Gasteiger charge is 2.06. The zero-order valence-corrected chi connectivity index (χ0v) is 8.97. The van der Waals surface area contributed by atoms with Crippen molar-refractivity contribution in [3.05, 3.63) is 12.4 Å². The second kappa shape index (κ2) is 9.67. The fourth-order valence-electron chi connectivity index (χ4n) is 1.10. The fourth-order valence-corrected chi connectivity index (χ4v) is 1.10. The summed E-state index contributed by atoms with van der Waals surface area (Å²) in [5.41, 5.74) is 0. The SMILES string of the molecule is CCCCN1C=CN(C)C1.FB(F)F.[F-]. The van der Waals surface area contributed by atoms with Crippen LogP contribution < -0.4 is 4.70 Å². The molecular weight excluding hydrogens is 211 g/mol. The molecule has 90 valence electrons. The standard InChI is InChI=1S/C8H16N2.BF3.FH/c1-3-4-5-10-7-6-9(2)8-10;2-1(3)4;/h6-7H,3-5,8H2,1-2H3;;1H/p-1. The minimum Gasteiger partial charge on any atom is -1.00 e. The molecule has 0 saturated carbocycles. The van der Waals surface area contributed by atoms with Crippen LogP contribution in [0.15, 0.2) is 12.4 Å². The number of hydrogen-bond acceptors (Lipinski definition) is 2. The largest absolute Gasteiger partial charge is 1.00 e. The van der Waals surface area contributed by atoms with Crippen LogP contribution in [0.25, 0.3) is 0 Å². The van der Waals surface area contributed by atoms with E-state index in [4.69, 9.17) is 0 Å². The third-order valence-electron chi connectivity index (χ3n) is 1.74. The lowest BCUT2D eigenvalue weighted by Crippen LogP contribution is -3.00. The molecule has 0 N–H and O–H groups in total. The Morgan fingerprint density at radius 1 is 1.27 bits per heavy atom. The minimum absolute atomic E-state index is 0. The van der Waals surface area contributed by atoms with Crippen molar-refractivity contribution < 1.29 is 17.7 Å². The highest BCUT2D eigenvalue weighted by molar-refractivity contribution is 6.33. The smallest absolute Gasteiger partial charge is 0.762 e. The quantitative estimate of drug-likeness (QED) is 0.466. The molecule has 0 saturated heterocycles. The van der Waals surface area contributed by atoms with Gasteiger partial charge in [0.1, 0.15) is 0 Å². The molecule has 0 aromatic carbocycles. The van der Waals surface area contributed by atoms with E-state index in [9.17, 15) is 12.9 Å². The summed E-state index contributed by atoms with van der Waals surface area (Å²) in [6, 6.07) is 0. The van der Waals surface area contributed by atoms with Gasteiger partial charge in [-0.1, -0.05) is 13.3 Å². The average molecular weight is 227 g/mol. The van der Waals surface area contributed by atoms with Gasteiger partial charge in [0.05, 0.1) is 6.67 Å². The number of unbranched alkanes of at least 4 members (excludes halogenated alkanes) is 1. The van der Waals surface area contributed by atoms with E-state index in [1.54, 1.807) is 0 Å². The first-order valence-electron chi connectivity index (χ1n) is 4.61. The normalized spacial score (nSPS) is 13.1. The van der Waals surface area contributed by atoms with Crippen molar-refractivity contribution in [2.45, 2.75) is 19.8 Å². The Morgan fingerprint density at radius 3 is 2.13 bits per heavy atom. The summed E-state index contributed by atoms with van der Waals surface area (Å²) in [6.45, 7) is 4.50. The second-order valence-electron chi connectivity index (χ2n) is 3.11. The van der Waals surface area contributed by atoms with E-state index in [1.165, 1.54) is 19.4 Å². The predicted octanol–water partition coefficient (Wildman–Crippen LogP) is -0.654. The van der Waals surface area contributed by atoms with Gasteiger partial charge < -0.3 is 14.5 Å². The number of nitrogens with zero attached hydrogens (tertiary/aromatic N) is 2. The molecule has 0 radical (unpaired) electrons. The molecule has 1 aliphatic rings. The predicted molar refractivity (Wildman–Crippen MR) is 52.5 cm³/mol. The van der Waals surface area contributed by atoms with Gasteiger partial charge >= 0.3 is 7.54 Å². The molecule has 2 nitrogen and oxygen atoms in total. The van der Waals surface area contributed by atoms with Crippen LogP contribution in [0, 0.1) is 0 Å². The lowest BCUT2D eigenvalue weighted by atomic mass is 10.3. The van der Waals surface area contributed by atoms with Crippen LogP contribution in [0.4, 0.5) is 12.9 Å². The van der Waals surface area contributed by atoms with Crippen molar-refractivity contribution in [1.29, 1.82) is 0 Å². The summed E-state index contributed by atoms with van der Waals surface area (Å²) in [5, 5.41) is 0. The van der Waals surface area contributed by atoms with Gasteiger partial charge in [-0.2, -0.15) is 0 Å². The molecule has 1 heterocycles. The molecule has 0 bridgehead atoms. The molecule has 0 amide bonds. The van der Waals surface area contributed by atoms with E-state index >= 15 is 0 Å². The number of halogens is 4. The monoisotopic (exact) mass is 227 g/mol. The van der Waals surface area contributed by atoms with Crippen LogP contribution in [0.5, 0.6) is 0 Å². The molecule has 0 aromatic heterocycles. The van der Waals surface area contributed by atoms with Crippen LogP contribution in [0.2, 0.25) is 0 Å². The number of hydrogen-bond donors (Lipinski definition) is 0. The first-order valence-corrected chi connectivity index (χ1v) is 4.61. The molecular formula is C8H16BF4N2-. The maximum Gasteiger partial charge on any atom is 0.762 e. The van der Waals surface area contributed by atoms with Crippen molar-refractivity contribution >= 4 is 7.54 Å². The van der Waals surface area contributed by atoms with E-state index in [0.29, 0.717) is 0 Å². The van der Waals surface area contributed by atoms with Gasteiger partial charge in [0, 0.05) is 26.0 Å². The van der Waals surface area contributed by atoms with E-state index < -0.39 is 7.54 Å². The van der Waals surface area contributed by atoms with Crippen LogP contribution in [0.1, 0.15) is 19.8 Å². The summed E-state index contributed by atoms with van der Waals surface area (Å²) in [4.78, 5) is 4.53. The van der Waals surface area contributed by atoms with E-state index in [0.717, 1.165) is 6.67 Å². The van der Waals surface area contributed by atoms with Gasteiger partial charge in [-0.3, -0.25) is 12.9 Å². The Bertz CT molecular complexity index is 166. The highest BCUT2D eigenvalue weighted by Crippen LogP contribution is 2.04. The topological polar surface area (TPSA) is 6.48 Å². The van der Waals surface area contributed by atoms with Gasteiger partial charge in [-0.05, 0) is 6.42 Å². The number of rotatable bonds is 3. The van der Waals surface area contributed by atoms with Gasteiger partial charge in [0.25, 0.3) is 0 Å². The first-order chi connectivity index (χ1) is 6.56. The van der Waals surface area contributed by atoms with Gasteiger partial charge in [-0.15, -0.1) is 0 Å². The molecule has 1 rings (SSSR count). The van der Waals surface area contributed by atoms with Crippen molar-refractivity contribution in [2.75, 3.05) is 20.3 Å². The summed E-state index contributed by atoms with van der Waals surface area (Å²) >= 11 is 0. The van der Waals surface area contributed by atoms with Crippen molar-refractivity contribution in [3.63, 3.8) is 0 Å². The Labute approximate surface area is 88.3 Å². The molecule has 0 fully saturated rings. The third kappa shape index (κ3) is 11.0.